The Kier molecular flexibility index (Phi) is 27.9. The van der Waals surface area contributed by atoms with Gasteiger partial charge in [-0.1, -0.05) is 0 Å². The number of aromatic nitrogens is 21. The molecular formula is C61H81F2N24O34P3. The number of nitrogens with two attached hydrogens (primary N) is 3. The van der Waals surface area contributed by atoms with E-state index in [-0.39, 0.29) is 57.2 Å². The maximum absolute atomic E-state index is 15.2. The number of hydrogen-bond acceptors (Lipinski definition) is 46. The van der Waals surface area contributed by atoms with Crippen LogP contribution in [0.1, 0.15) is 54.8 Å². The van der Waals surface area contributed by atoms with Crippen LogP contribution in [0.2, 0.25) is 0 Å². The molecule has 0 radical (unpaired) electrons. The van der Waals surface area contributed by atoms with Gasteiger partial charge in [-0.2, -0.15) is 15.0 Å². The lowest BCUT2D eigenvalue weighted by molar-refractivity contribution is -0.0665. The van der Waals surface area contributed by atoms with Gasteiger partial charge in [0.1, 0.15) is 134 Å². The molecule has 0 aliphatic carbocycles. The third-order valence-electron chi connectivity index (χ3n) is 19.9. The van der Waals surface area contributed by atoms with Crippen molar-refractivity contribution in [1.82, 2.24) is 102 Å². The number of phosphoric ester groups is 3. The molecule has 6 aliphatic heterocycles. The Morgan fingerprint density at radius 1 is 0.379 bits per heavy atom. The lowest BCUT2D eigenvalue weighted by atomic mass is 10.1. The molecule has 6 saturated heterocycles. The van der Waals surface area contributed by atoms with Crippen LogP contribution in [0.5, 0.6) is 0 Å². The smallest absolute Gasteiger partial charge is 0.394 e. The molecule has 6 fully saturated rings. The first-order valence-corrected chi connectivity index (χ1v) is 40.9. The number of imidazole rings is 3. The summed E-state index contributed by atoms with van der Waals surface area (Å²) in [7, 11) is -9.91. The number of aliphatic hydroxyl groups is 6. The second kappa shape index (κ2) is 37.5. The second-order valence-corrected chi connectivity index (χ2v) is 32.0. The molecule has 124 heavy (non-hydrogen) atoms. The summed E-state index contributed by atoms with van der Waals surface area (Å²) in [6.07, 6.45) is -27.1. The fraction of sp³-hybridized carbons (Fsp3) is 0.607. The molecule has 0 amide bonds. The topological polar surface area (TPSA) is 793 Å². The van der Waals surface area contributed by atoms with Gasteiger partial charge in [0, 0.05) is 28.4 Å². The SMILES string of the molecule is CO[C@H]1C(O)[C@@H](COP(=O)(O)OC2[C@@H](CO)O[C@@H](n3cnc4c(=O)[nH]c(C)nc43)[C@H]2OC)O[C@H]1n1cnc(N)nc1=O.CO[C@H]1C(OP(=O)(O)OC[C@H]2O[C@@H](n3cnc4c(=O)[nH]c(C)nc43)[C@@H](OC)C2O)[C@@H](CO)O[C@H]1n1cnc(N)nc1=O.Cc1nc2c(ncn2[C@@H]2O[C@H](COP(=O)(O)OC3[C@@H](CO)O[C@@H](n4cnc(N)nc4=O)[C@H]3F)C(O)[C@@H]2F)c(=O)[nH]1. The highest BCUT2D eigenvalue weighted by Crippen LogP contribution is 2.53. The summed E-state index contributed by atoms with van der Waals surface area (Å²) in [5.74, 6) is -0.0857. The van der Waals surface area contributed by atoms with E-state index in [0.29, 0.717) is 16.2 Å². The molecule has 58 nitrogen and oxygen atoms in total. The van der Waals surface area contributed by atoms with Crippen molar-refractivity contribution in [2.24, 2.45) is 0 Å². The first-order valence-electron chi connectivity index (χ1n) is 36.4. The molecule has 9 unspecified atom stereocenters. The van der Waals surface area contributed by atoms with E-state index in [2.05, 4.69) is 74.8 Å². The summed E-state index contributed by atoms with van der Waals surface area (Å²) >= 11 is 0. The fourth-order valence-electron chi connectivity index (χ4n) is 14.2. The van der Waals surface area contributed by atoms with Crippen molar-refractivity contribution in [2.45, 2.75) is 168 Å². The van der Waals surface area contributed by atoms with Crippen molar-refractivity contribution in [1.29, 1.82) is 0 Å². The number of H-pyrrole nitrogens is 3. The highest BCUT2D eigenvalue weighted by Gasteiger charge is 2.56. The Balaban J connectivity index is 0.000000160. The van der Waals surface area contributed by atoms with Gasteiger partial charge in [0.25, 0.3) is 16.7 Å². The van der Waals surface area contributed by atoms with Gasteiger partial charge in [-0.05, 0) is 20.8 Å². The minimum Gasteiger partial charge on any atom is -0.394 e. The van der Waals surface area contributed by atoms with Crippen LogP contribution in [-0.4, -0.2) is 326 Å². The molecule has 6 aliphatic rings. The molecule has 0 saturated carbocycles. The van der Waals surface area contributed by atoms with E-state index in [1.165, 1.54) is 57.2 Å². The Hall–Kier alpha value is -9.57. The molecular weight excluding hydrogens is 1740 g/mol. The van der Waals surface area contributed by atoms with E-state index in [1.54, 1.807) is 13.8 Å². The molecule has 18 N–H and O–H groups in total. The molecule has 0 bridgehead atoms. The summed E-state index contributed by atoms with van der Waals surface area (Å²) in [4.78, 5) is 158. The first-order chi connectivity index (χ1) is 58.8. The van der Waals surface area contributed by atoms with Crippen LogP contribution in [0.3, 0.4) is 0 Å². The maximum atomic E-state index is 15.2. The summed E-state index contributed by atoms with van der Waals surface area (Å²) in [5, 5.41) is 61.3. The number of aromatic amines is 3. The lowest BCUT2D eigenvalue weighted by Crippen LogP contribution is -2.39. The van der Waals surface area contributed by atoms with Crippen LogP contribution in [0.15, 0.2) is 66.7 Å². The molecule has 0 aromatic carbocycles. The predicted molar refractivity (Wildman–Crippen MR) is 398 cm³/mol. The summed E-state index contributed by atoms with van der Waals surface area (Å²) < 4.78 is 161. The molecule has 0 spiro atoms. The van der Waals surface area contributed by atoms with Crippen molar-refractivity contribution in [3.63, 3.8) is 0 Å². The van der Waals surface area contributed by atoms with Crippen LogP contribution in [0.4, 0.5) is 26.6 Å². The number of aryl methyl sites for hydroxylation is 3. The van der Waals surface area contributed by atoms with Crippen molar-refractivity contribution >= 4 is 74.8 Å². The first kappa shape index (κ1) is 92.1. The van der Waals surface area contributed by atoms with Crippen molar-refractivity contribution < 1.29 is 142 Å². The number of alkyl halides is 2. The quantitative estimate of drug-likeness (QED) is 0.0203. The number of phosphoric acid groups is 3. The highest BCUT2D eigenvalue weighted by molar-refractivity contribution is 7.48. The van der Waals surface area contributed by atoms with E-state index in [9.17, 15) is 92.2 Å². The molecule has 27 atom stereocenters. The largest absolute Gasteiger partial charge is 0.472 e. The maximum Gasteiger partial charge on any atom is 0.472 e. The van der Waals surface area contributed by atoms with Crippen molar-refractivity contribution in [3.8, 4) is 0 Å². The number of ether oxygens (including phenoxy) is 10. The van der Waals surface area contributed by atoms with E-state index in [0.717, 1.165) is 39.0 Å². The summed E-state index contributed by atoms with van der Waals surface area (Å²) in [6.45, 7) is 0.247. The Morgan fingerprint density at radius 3 is 0.992 bits per heavy atom. The van der Waals surface area contributed by atoms with E-state index >= 15 is 4.39 Å². The second-order valence-electron chi connectivity index (χ2n) is 27.7. The van der Waals surface area contributed by atoms with Gasteiger partial charge in [-0.25, -0.2) is 81.7 Å². The number of methoxy groups -OCH3 is 4. The Labute approximate surface area is 688 Å². The number of aliphatic hydroxyl groups excluding tert-OH is 6. The van der Waals surface area contributed by atoms with Gasteiger partial charge in [0.05, 0.1) is 58.6 Å². The number of fused-ring (bicyclic) bond motifs is 3. The Morgan fingerprint density at radius 2 is 0.645 bits per heavy atom. The number of nitrogen functional groups attached to an aromatic ring is 3. The number of rotatable bonds is 28. The van der Waals surface area contributed by atoms with Gasteiger partial charge in [-0.3, -0.25) is 68.9 Å². The molecule has 63 heteroatoms. The molecule has 15 rings (SSSR count). The van der Waals surface area contributed by atoms with Crippen molar-refractivity contribution in [2.75, 3.05) is 85.3 Å². The van der Waals surface area contributed by atoms with E-state index in [4.69, 9.17) is 91.7 Å². The van der Waals surface area contributed by atoms with Gasteiger partial charge < -0.3 is 125 Å². The number of nitrogens with zero attached hydrogens (tertiary/aromatic N) is 18. The molecule has 9 aromatic rings. The third-order valence-corrected chi connectivity index (χ3v) is 22.8. The van der Waals surface area contributed by atoms with Gasteiger partial charge in [-0.15, -0.1) is 0 Å². The summed E-state index contributed by atoms with van der Waals surface area (Å²) in [6, 6.07) is 0. The number of hydrogen-bond donors (Lipinski definition) is 15. The number of halogens is 2. The van der Waals surface area contributed by atoms with Gasteiger partial charge in [0.15, 0.2) is 83.2 Å². The van der Waals surface area contributed by atoms with Gasteiger partial charge in [0.2, 0.25) is 17.8 Å². The van der Waals surface area contributed by atoms with Crippen LogP contribution in [0, 0.1) is 20.8 Å². The summed E-state index contributed by atoms with van der Waals surface area (Å²) in [5.41, 5.74) is 12.2. The minimum atomic E-state index is -5.16. The van der Waals surface area contributed by atoms with Crippen LogP contribution >= 0.6 is 23.5 Å². The monoisotopic (exact) mass is 1820 g/mol. The highest BCUT2D eigenvalue weighted by atomic mass is 31.2. The predicted octanol–water partition coefficient (Wildman–Crippen LogP) is -7.33. The van der Waals surface area contributed by atoms with Crippen LogP contribution in [-0.2, 0) is 88.2 Å². The zero-order valence-electron chi connectivity index (χ0n) is 65.2. The Bertz CT molecular complexity index is 5870. The standard InChI is InChI=1S/2C21H29N8O12P.C19H23F2N8O10P/c1-8-25-16-11(17(32)26-8)23-6-28(16)19-15(37-3)13(9(4-30)39-19)41-42(34,35)38-5-10-12(31)14(36-2)18(40-10)29-7-24-20(22)27-21(29)33;1-8-25-16-11(17(32)26-8)23-6-28(16)18-14(36-2)12(31)10(40-18)5-38-42(34,35)41-13-9(4-30)39-19(15(13)37-3)29-7-24-20(22)27-21(29)33;1-6-25-14-11(15(32)26-6)23-4-28(14)16-9(20)12(31)8(38-16)3-36-40(34,35)39-13-7(2-30)37-17(10(13)21)29-5-24-18(22)27-19(29)33/h2*6-7,9-10,12-15,18-19,30-31H,4-5H2,1-3H3,(H,34,35)(H2,22,27,33)(H,25,26,32);4-5,7-10,12-13,16-17,30-31H,2-3H2,1H3,(H,34,35)(H2,22,27,33)(H,25,26,32)/t2*9-,10-,12?,13?,14+,15+,18-,19-;7-,8-,9+,10+,12?,13?,16-,17-/m111/s1. The minimum absolute atomic E-state index is 0.0238. The molecule has 678 valence electrons. The average Bonchev–Trinajstić information content (AvgIpc) is 1.63. The fourth-order valence-corrected chi connectivity index (χ4v) is 17.0. The zero-order chi connectivity index (χ0) is 89.6. The number of nitrogens with one attached hydrogen (secondary N) is 3. The van der Waals surface area contributed by atoms with E-state index < -0.39 is 244 Å². The van der Waals surface area contributed by atoms with Crippen LogP contribution < -0.4 is 50.9 Å². The van der Waals surface area contributed by atoms with Crippen LogP contribution in [0.25, 0.3) is 33.5 Å². The van der Waals surface area contributed by atoms with Gasteiger partial charge >= 0.3 is 40.5 Å². The van der Waals surface area contributed by atoms with E-state index in [1.807, 2.05) is 0 Å². The molecule has 9 aromatic heterocycles. The third kappa shape index (κ3) is 18.9. The average molecular weight is 1830 g/mol. The number of anilines is 3. The normalized spacial score (nSPS) is 31.4. The molecule has 15 heterocycles. The van der Waals surface area contributed by atoms with Crippen molar-refractivity contribution in [3.05, 3.63) is 118 Å². The lowest BCUT2D eigenvalue weighted by Gasteiger charge is -2.25. The zero-order valence-corrected chi connectivity index (χ0v) is 67.9.